The summed E-state index contributed by atoms with van der Waals surface area (Å²) in [6.07, 6.45) is -0.159. The maximum Gasteiger partial charge on any atom is 0.203 e. The Kier molecular flexibility index (Phi) is 12.4. The topological polar surface area (TPSA) is 73.3 Å². The van der Waals surface area contributed by atoms with Gasteiger partial charge >= 0.3 is 0 Å². The molecule has 2 aromatic rings. The summed E-state index contributed by atoms with van der Waals surface area (Å²) < 4.78 is 21.8. The van der Waals surface area contributed by atoms with E-state index >= 15 is 0 Å². The van der Waals surface area contributed by atoms with Crippen molar-refractivity contribution in [1.29, 1.82) is 0 Å². The molecular formula is C22H31ClIN3O4. The molecule has 0 amide bonds. The third kappa shape index (κ3) is 7.93. The van der Waals surface area contributed by atoms with Crippen molar-refractivity contribution in [3.63, 3.8) is 0 Å². The van der Waals surface area contributed by atoms with Crippen molar-refractivity contribution in [3.8, 4) is 17.2 Å². The van der Waals surface area contributed by atoms with Gasteiger partial charge in [0.05, 0.1) is 34.0 Å². The normalized spacial score (nSPS) is 11.9. The van der Waals surface area contributed by atoms with Crippen LogP contribution in [-0.2, 0) is 11.3 Å². The molecule has 0 saturated carbocycles. The fourth-order valence-corrected chi connectivity index (χ4v) is 3.17. The number of hydrogen-bond acceptors (Lipinski definition) is 5. The first-order valence-electron chi connectivity index (χ1n) is 9.65. The zero-order valence-electron chi connectivity index (χ0n) is 18.5. The minimum absolute atomic E-state index is 0. The lowest BCUT2D eigenvalue weighted by molar-refractivity contribution is 0.106. The molecule has 0 fully saturated rings. The standard InChI is InChI=1S/C22H30ClN3O4.HI/c1-6-24-22(26-14-20(29-4)16-8-7-9-17(23)12-16)25-13-15-10-18(27-2)21(30-5)19(11-15)28-3;/h7-12,20H,6,13-14H2,1-5H3,(H2,24,25,26);1H. The Hall–Kier alpha value is -1.91. The first-order chi connectivity index (χ1) is 14.6. The molecule has 1 atom stereocenters. The highest BCUT2D eigenvalue weighted by Crippen LogP contribution is 2.38. The number of benzene rings is 2. The average molecular weight is 564 g/mol. The number of guanidine groups is 1. The molecule has 0 radical (unpaired) electrons. The summed E-state index contributed by atoms with van der Waals surface area (Å²) in [5.74, 6) is 2.43. The molecule has 0 aliphatic rings. The van der Waals surface area contributed by atoms with Crippen LogP contribution in [0.25, 0.3) is 0 Å². The second kappa shape index (κ2) is 14.2. The molecule has 0 aliphatic carbocycles. The number of methoxy groups -OCH3 is 4. The van der Waals surface area contributed by atoms with Gasteiger partial charge in [-0.1, -0.05) is 23.7 Å². The molecule has 2 rings (SSSR count). The van der Waals surface area contributed by atoms with E-state index in [1.807, 2.05) is 43.3 Å². The second-order valence-corrected chi connectivity index (χ2v) is 6.83. The predicted octanol–water partition coefficient (Wildman–Crippen LogP) is 4.43. The summed E-state index contributed by atoms with van der Waals surface area (Å²) in [4.78, 5) is 4.67. The summed E-state index contributed by atoms with van der Waals surface area (Å²) in [6.45, 7) is 3.72. The first-order valence-corrected chi connectivity index (χ1v) is 10.0. The van der Waals surface area contributed by atoms with E-state index in [1.165, 1.54) is 0 Å². The maximum atomic E-state index is 6.11. The summed E-state index contributed by atoms with van der Waals surface area (Å²) in [5.41, 5.74) is 1.93. The van der Waals surface area contributed by atoms with Gasteiger partial charge in [0, 0.05) is 25.2 Å². The number of aliphatic imine (C=N–C) groups is 1. The molecule has 0 saturated heterocycles. The van der Waals surface area contributed by atoms with Crippen LogP contribution >= 0.6 is 35.6 Å². The van der Waals surface area contributed by atoms with E-state index in [0.717, 1.165) is 17.7 Å². The number of nitrogens with zero attached hydrogens (tertiary/aromatic N) is 1. The highest BCUT2D eigenvalue weighted by Gasteiger charge is 2.14. The zero-order chi connectivity index (χ0) is 21.9. The lowest BCUT2D eigenvalue weighted by Gasteiger charge is -2.19. The molecule has 0 spiro atoms. The van der Waals surface area contributed by atoms with Gasteiger partial charge in [0.15, 0.2) is 17.5 Å². The smallest absolute Gasteiger partial charge is 0.203 e. The lowest BCUT2D eigenvalue weighted by Crippen LogP contribution is -2.39. The molecule has 2 aromatic carbocycles. The van der Waals surface area contributed by atoms with E-state index in [9.17, 15) is 0 Å². The molecule has 0 aromatic heterocycles. The van der Waals surface area contributed by atoms with Crippen molar-refractivity contribution in [2.45, 2.75) is 19.6 Å². The van der Waals surface area contributed by atoms with Crippen molar-refractivity contribution in [2.24, 2.45) is 4.99 Å². The second-order valence-electron chi connectivity index (χ2n) is 6.39. The van der Waals surface area contributed by atoms with Crippen LogP contribution < -0.4 is 24.8 Å². The van der Waals surface area contributed by atoms with Crippen LogP contribution in [0.2, 0.25) is 5.02 Å². The molecule has 1 unspecified atom stereocenters. The van der Waals surface area contributed by atoms with E-state index in [0.29, 0.717) is 41.3 Å². The van der Waals surface area contributed by atoms with E-state index in [4.69, 9.17) is 30.5 Å². The van der Waals surface area contributed by atoms with Crippen molar-refractivity contribution >= 4 is 41.5 Å². The van der Waals surface area contributed by atoms with Crippen molar-refractivity contribution in [3.05, 3.63) is 52.5 Å². The van der Waals surface area contributed by atoms with Crippen LogP contribution in [0.15, 0.2) is 41.4 Å². The minimum Gasteiger partial charge on any atom is -0.493 e. The van der Waals surface area contributed by atoms with Crippen LogP contribution in [0.3, 0.4) is 0 Å². The van der Waals surface area contributed by atoms with Crippen molar-refractivity contribution < 1.29 is 18.9 Å². The minimum atomic E-state index is -0.159. The first kappa shape index (κ1) is 27.1. The van der Waals surface area contributed by atoms with E-state index in [2.05, 4.69) is 15.6 Å². The Bertz CT molecular complexity index is 826. The van der Waals surface area contributed by atoms with Crippen molar-refractivity contribution in [2.75, 3.05) is 41.5 Å². The zero-order valence-corrected chi connectivity index (χ0v) is 21.6. The largest absolute Gasteiger partial charge is 0.493 e. The van der Waals surface area contributed by atoms with E-state index in [1.54, 1.807) is 28.4 Å². The SMILES string of the molecule is CCNC(=NCc1cc(OC)c(OC)c(OC)c1)NCC(OC)c1cccc(Cl)c1.I. The summed E-state index contributed by atoms with van der Waals surface area (Å²) in [5, 5.41) is 7.25. The molecule has 9 heteroatoms. The van der Waals surface area contributed by atoms with Crippen LogP contribution in [0.4, 0.5) is 0 Å². The Labute approximate surface area is 206 Å². The number of halogens is 2. The van der Waals surface area contributed by atoms with Crippen LogP contribution in [-0.4, -0.2) is 47.5 Å². The van der Waals surface area contributed by atoms with Gasteiger partial charge in [0.1, 0.15) is 0 Å². The Morgan fingerprint density at radius 2 is 1.68 bits per heavy atom. The van der Waals surface area contributed by atoms with E-state index in [-0.39, 0.29) is 30.1 Å². The van der Waals surface area contributed by atoms with Gasteiger partial charge in [-0.25, -0.2) is 4.99 Å². The molecule has 172 valence electrons. The lowest BCUT2D eigenvalue weighted by atomic mass is 10.1. The number of ether oxygens (including phenoxy) is 4. The Balaban J connectivity index is 0.00000480. The predicted molar refractivity (Wildman–Crippen MR) is 136 cm³/mol. The van der Waals surface area contributed by atoms with Gasteiger partial charge in [-0.15, -0.1) is 24.0 Å². The van der Waals surface area contributed by atoms with Gasteiger partial charge in [-0.2, -0.15) is 0 Å². The number of rotatable bonds is 10. The molecule has 0 aliphatic heterocycles. The maximum absolute atomic E-state index is 6.11. The van der Waals surface area contributed by atoms with Crippen LogP contribution in [0.1, 0.15) is 24.2 Å². The molecule has 0 bridgehead atoms. The molecule has 2 N–H and O–H groups in total. The molecule has 7 nitrogen and oxygen atoms in total. The summed E-state index contributed by atoms with van der Waals surface area (Å²) in [7, 11) is 6.44. The van der Waals surface area contributed by atoms with E-state index < -0.39 is 0 Å². The van der Waals surface area contributed by atoms with Crippen LogP contribution in [0, 0.1) is 0 Å². The number of hydrogen-bond donors (Lipinski definition) is 2. The quantitative estimate of drug-likeness (QED) is 0.253. The highest BCUT2D eigenvalue weighted by atomic mass is 127. The average Bonchev–Trinajstić information content (AvgIpc) is 2.76. The number of nitrogens with one attached hydrogen (secondary N) is 2. The van der Waals surface area contributed by atoms with Gasteiger partial charge in [-0.3, -0.25) is 0 Å². The van der Waals surface area contributed by atoms with Gasteiger partial charge in [-0.05, 0) is 42.3 Å². The summed E-state index contributed by atoms with van der Waals surface area (Å²) >= 11 is 6.11. The molecular weight excluding hydrogens is 533 g/mol. The third-order valence-electron chi connectivity index (χ3n) is 4.45. The fourth-order valence-electron chi connectivity index (χ4n) is 2.97. The third-order valence-corrected chi connectivity index (χ3v) is 4.68. The van der Waals surface area contributed by atoms with Crippen molar-refractivity contribution in [1.82, 2.24) is 10.6 Å². The molecule has 31 heavy (non-hydrogen) atoms. The molecule has 0 heterocycles. The van der Waals surface area contributed by atoms with Gasteiger partial charge in [0.2, 0.25) is 5.75 Å². The summed E-state index contributed by atoms with van der Waals surface area (Å²) in [6, 6.07) is 11.4. The fraction of sp³-hybridized carbons (Fsp3) is 0.409. The Morgan fingerprint density at radius 1 is 1.00 bits per heavy atom. The van der Waals surface area contributed by atoms with Crippen LogP contribution in [0.5, 0.6) is 17.2 Å². The monoisotopic (exact) mass is 563 g/mol. The Morgan fingerprint density at radius 3 is 2.19 bits per heavy atom. The highest BCUT2D eigenvalue weighted by molar-refractivity contribution is 14.0. The van der Waals surface area contributed by atoms with Gasteiger partial charge in [0.25, 0.3) is 0 Å². The van der Waals surface area contributed by atoms with Gasteiger partial charge < -0.3 is 29.6 Å².